The Kier molecular flexibility index (Phi) is 5.59. The van der Waals surface area contributed by atoms with Crippen molar-refractivity contribution in [2.24, 2.45) is 0 Å². The fourth-order valence-electron chi connectivity index (χ4n) is 2.52. The molecule has 0 fully saturated rings. The lowest BCUT2D eigenvalue weighted by Crippen LogP contribution is -2.07. The molecule has 0 radical (unpaired) electrons. The molecule has 0 unspecified atom stereocenters. The number of carbonyl (C=O) groups is 1. The molecule has 0 atom stereocenters. The van der Waals surface area contributed by atoms with Crippen LogP contribution in [0.15, 0.2) is 24.3 Å². The van der Waals surface area contributed by atoms with E-state index in [0.717, 1.165) is 0 Å². The van der Waals surface area contributed by atoms with Gasteiger partial charge in [0.25, 0.3) is 0 Å². The molecule has 0 bridgehead atoms. The average Bonchev–Trinajstić information content (AvgIpc) is 2.65. The molecule has 0 aliphatic carbocycles. The maximum absolute atomic E-state index is 12.9. The molecular formula is C18H20O7. The van der Waals surface area contributed by atoms with Crippen molar-refractivity contribution in [1.82, 2.24) is 0 Å². The largest absolute Gasteiger partial charge is 0.504 e. The smallest absolute Gasteiger partial charge is 0.204 e. The second-order valence-electron chi connectivity index (χ2n) is 4.91. The first kappa shape index (κ1) is 18.3. The van der Waals surface area contributed by atoms with E-state index in [1.165, 1.54) is 41.6 Å². The van der Waals surface area contributed by atoms with Gasteiger partial charge < -0.3 is 28.8 Å². The first-order valence-corrected chi connectivity index (χ1v) is 7.31. The second-order valence-corrected chi connectivity index (χ2v) is 4.91. The van der Waals surface area contributed by atoms with Crippen molar-refractivity contribution in [2.45, 2.75) is 0 Å². The Bertz CT molecular complexity index is 783. The molecule has 0 aromatic heterocycles. The Balaban J connectivity index is 2.63. The van der Waals surface area contributed by atoms with Gasteiger partial charge in [-0.15, -0.1) is 0 Å². The molecule has 0 heterocycles. The molecule has 0 spiro atoms. The SMILES string of the molecule is COc1ccc(C(=O)c2ccc(OC)c(OC)c2OC)c(O)c1OC. The average molecular weight is 348 g/mol. The molecule has 0 saturated heterocycles. The molecule has 25 heavy (non-hydrogen) atoms. The number of hydrogen-bond donors (Lipinski definition) is 1. The highest BCUT2D eigenvalue weighted by atomic mass is 16.5. The van der Waals surface area contributed by atoms with Crippen molar-refractivity contribution < 1.29 is 33.6 Å². The number of methoxy groups -OCH3 is 5. The highest BCUT2D eigenvalue weighted by Gasteiger charge is 2.25. The monoisotopic (exact) mass is 348 g/mol. The first-order chi connectivity index (χ1) is 12.0. The minimum absolute atomic E-state index is 0.0446. The Morgan fingerprint density at radius 2 is 1.16 bits per heavy atom. The van der Waals surface area contributed by atoms with Gasteiger partial charge in [-0.1, -0.05) is 0 Å². The number of carbonyl (C=O) groups excluding carboxylic acids is 1. The third-order valence-corrected chi connectivity index (χ3v) is 3.71. The molecule has 7 heteroatoms. The van der Waals surface area contributed by atoms with Gasteiger partial charge in [0.15, 0.2) is 23.0 Å². The number of hydrogen-bond acceptors (Lipinski definition) is 7. The summed E-state index contributed by atoms with van der Waals surface area (Å²) in [6, 6.07) is 6.12. The summed E-state index contributed by atoms with van der Waals surface area (Å²) in [4.78, 5) is 12.9. The molecular weight excluding hydrogens is 328 g/mol. The van der Waals surface area contributed by atoms with E-state index in [4.69, 9.17) is 23.7 Å². The normalized spacial score (nSPS) is 10.1. The fourth-order valence-corrected chi connectivity index (χ4v) is 2.52. The van der Waals surface area contributed by atoms with Gasteiger partial charge in [0.1, 0.15) is 0 Å². The fraction of sp³-hybridized carbons (Fsp3) is 0.278. The van der Waals surface area contributed by atoms with Crippen LogP contribution in [0.3, 0.4) is 0 Å². The van der Waals surface area contributed by atoms with Crippen LogP contribution in [-0.2, 0) is 0 Å². The molecule has 0 saturated carbocycles. The van der Waals surface area contributed by atoms with Gasteiger partial charge in [-0.25, -0.2) is 0 Å². The van der Waals surface area contributed by atoms with Gasteiger partial charge in [0.05, 0.1) is 46.7 Å². The summed E-state index contributed by atoms with van der Waals surface area (Å²) in [6.07, 6.45) is 0. The van der Waals surface area contributed by atoms with Crippen molar-refractivity contribution in [2.75, 3.05) is 35.5 Å². The van der Waals surface area contributed by atoms with Crippen molar-refractivity contribution >= 4 is 5.78 Å². The van der Waals surface area contributed by atoms with Gasteiger partial charge in [0.2, 0.25) is 17.3 Å². The van der Waals surface area contributed by atoms with Gasteiger partial charge in [-0.3, -0.25) is 4.79 Å². The number of benzene rings is 2. The molecule has 2 aromatic rings. The Hall–Kier alpha value is -3.09. The Morgan fingerprint density at radius 3 is 1.64 bits per heavy atom. The first-order valence-electron chi connectivity index (χ1n) is 7.31. The summed E-state index contributed by atoms with van der Waals surface area (Å²) < 4.78 is 26.1. The highest BCUT2D eigenvalue weighted by Crippen LogP contribution is 2.43. The Morgan fingerprint density at radius 1 is 0.680 bits per heavy atom. The van der Waals surface area contributed by atoms with E-state index in [0.29, 0.717) is 11.5 Å². The van der Waals surface area contributed by atoms with Crippen LogP contribution in [0.2, 0.25) is 0 Å². The van der Waals surface area contributed by atoms with Gasteiger partial charge in [0, 0.05) is 0 Å². The molecule has 0 aliphatic heterocycles. The summed E-state index contributed by atoms with van der Waals surface area (Å²) in [7, 11) is 7.17. The maximum Gasteiger partial charge on any atom is 0.204 e. The zero-order chi connectivity index (χ0) is 18.6. The molecule has 7 nitrogen and oxygen atoms in total. The molecule has 2 rings (SSSR count). The number of ether oxygens (including phenoxy) is 5. The number of aromatic hydroxyl groups is 1. The van der Waals surface area contributed by atoms with Crippen LogP contribution in [0.4, 0.5) is 0 Å². The van der Waals surface area contributed by atoms with E-state index in [1.807, 2.05) is 0 Å². The van der Waals surface area contributed by atoms with Crippen LogP contribution in [0.1, 0.15) is 15.9 Å². The zero-order valence-corrected chi connectivity index (χ0v) is 14.7. The van der Waals surface area contributed by atoms with Crippen LogP contribution in [-0.4, -0.2) is 46.4 Å². The van der Waals surface area contributed by atoms with Gasteiger partial charge >= 0.3 is 0 Å². The number of phenolic OH excluding ortho intramolecular Hbond substituents is 1. The van der Waals surface area contributed by atoms with E-state index in [9.17, 15) is 9.90 Å². The van der Waals surface area contributed by atoms with E-state index >= 15 is 0 Å². The van der Waals surface area contributed by atoms with Crippen molar-refractivity contribution in [3.8, 4) is 34.5 Å². The summed E-state index contributed by atoms with van der Waals surface area (Å²) in [5.74, 6) is 0.535. The van der Waals surface area contributed by atoms with E-state index in [2.05, 4.69) is 0 Å². The zero-order valence-electron chi connectivity index (χ0n) is 14.7. The molecule has 134 valence electrons. The maximum atomic E-state index is 12.9. The summed E-state index contributed by atoms with van der Waals surface area (Å²) in [5.41, 5.74) is 0.255. The van der Waals surface area contributed by atoms with Crippen LogP contribution in [0, 0.1) is 0 Å². The minimum Gasteiger partial charge on any atom is -0.504 e. The summed E-state index contributed by atoms with van der Waals surface area (Å²) >= 11 is 0. The summed E-state index contributed by atoms with van der Waals surface area (Å²) in [5, 5.41) is 10.4. The predicted octanol–water partition coefficient (Wildman–Crippen LogP) is 2.67. The standard InChI is InChI=1S/C18H20O7/c1-21-12-8-6-10(15(20)17(12)24-4)14(19)11-7-9-13(22-2)18(25-5)16(11)23-3/h6-9,20H,1-5H3. The topological polar surface area (TPSA) is 83.5 Å². The van der Waals surface area contributed by atoms with Crippen LogP contribution >= 0.6 is 0 Å². The van der Waals surface area contributed by atoms with Crippen molar-refractivity contribution in [1.29, 1.82) is 0 Å². The number of rotatable bonds is 7. The van der Waals surface area contributed by atoms with E-state index in [1.54, 1.807) is 18.2 Å². The van der Waals surface area contributed by atoms with Crippen molar-refractivity contribution in [3.63, 3.8) is 0 Å². The Labute approximate surface area is 145 Å². The molecule has 0 aliphatic rings. The predicted molar refractivity (Wildman–Crippen MR) is 90.7 cm³/mol. The number of ketones is 1. The van der Waals surface area contributed by atoms with Gasteiger partial charge in [-0.05, 0) is 24.3 Å². The lowest BCUT2D eigenvalue weighted by atomic mass is 10.00. The highest BCUT2D eigenvalue weighted by molar-refractivity contribution is 6.13. The van der Waals surface area contributed by atoms with Crippen LogP contribution < -0.4 is 23.7 Å². The van der Waals surface area contributed by atoms with Crippen LogP contribution in [0.25, 0.3) is 0 Å². The lowest BCUT2D eigenvalue weighted by Gasteiger charge is -2.16. The number of phenols is 1. The third-order valence-electron chi connectivity index (χ3n) is 3.71. The van der Waals surface area contributed by atoms with Gasteiger partial charge in [-0.2, -0.15) is 0 Å². The van der Waals surface area contributed by atoms with E-state index in [-0.39, 0.29) is 34.1 Å². The molecule has 0 amide bonds. The van der Waals surface area contributed by atoms with Crippen molar-refractivity contribution in [3.05, 3.63) is 35.4 Å². The molecule has 1 N–H and O–H groups in total. The van der Waals surface area contributed by atoms with Crippen LogP contribution in [0.5, 0.6) is 34.5 Å². The lowest BCUT2D eigenvalue weighted by molar-refractivity contribution is 0.103. The minimum atomic E-state index is -0.462. The molecule has 2 aromatic carbocycles. The summed E-state index contributed by atoms with van der Waals surface area (Å²) in [6.45, 7) is 0. The second kappa shape index (κ2) is 7.65. The third kappa shape index (κ3) is 3.13. The quantitative estimate of drug-likeness (QED) is 0.770. The van der Waals surface area contributed by atoms with E-state index < -0.39 is 5.78 Å².